The van der Waals surface area contributed by atoms with E-state index in [1.165, 1.54) is 0 Å². The maximum Gasteiger partial charge on any atom is 0.255 e. The molecule has 0 atom stereocenters. The topological polar surface area (TPSA) is 95.1 Å². The van der Waals surface area contributed by atoms with Gasteiger partial charge in [0.15, 0.2) is 5.82 Å². The average Bonchev–Trinajstić information content (AvgIpc) is 3.44. The van der Waals surface area contributed by atoms with Crippen LogP contribution in [0.3, 0.4) is 0 Å². The Balaban J connectivity index is 1.56. The third-order valence-corrected chi connectivity index (χ3v) is 5.02. The molecule has 8 nitrogen and oxygen atoms in total. The van der Waals surface area contributed by atoms with E-state index in [1.807, 2.05) is 55.5 Å². The number of hydrogen-bond donors (Lipinski definition) is 1. The van der Waals surface area contributed by atoms with Gasteiger partial charge in [0, 0.05) is 24.7 Å². The minimum absolute atomic E-state index is 0.192. The molecular formula is C24H25N5O3. The first kappa shape index (κ1) is 21.3. The van der Waals surface area contributed by atoms with Crippen LogP contribution in [0.4, 0.5) is 0 Å². The van der Waals surface area contributed by atoms with Gasteiger partial charge in [0.25, 0.3) is 5.91 Å². The van der Waals surface area contributed by atoms with Crippen molar-refractivity contribution in [2.24, 2.45) is 0 Å². The highest BCUT2D eigenvalue weighted by atomic mass is 16.5. The minimum atomic E-state index is -0.192. The van der Waals surface area contributed by atoms with Crippen LogP contribution in [-0.4, -0.2) is 39.5 Å². The lowest BCUT2D eigenvalue weighted by Gasteiger charge is -2.06. The highest BCUT2D eigenvalue weighted by Gasteiger charge is 2.19. The molecule has 2 aromatic heterocycles. The number of carbonyl (C=O) groups excluding carboxylic acids is 1. The summed E-state index contributed by atoms with van der Waals surface area (Å²) < 4.78 is 12.2. The summed E-state index contributed by atoms with van der Waals surface area (Å²) in [6, 6.07) is 15.5. The number of hydrogen-bond acceptors (Lipinski definition) is 6. The molecule has 0 unspecified atom stereocenters. The summed E-state index contributed by atoms with van der Waals surface area (Å²) in [7, 11) is 1.61. The number of benzene rings is 2. The lowest BCUT2D eigenvalue weighted by Crippen LogP contribution is -2.25. The highest BCUT2D eigenvalue weighted by Crippen LogP contribution is 2.27. The van der Waals surface area contributed by atoms with Crippen molar-refractivity contribution in [1.29, 1.82) is 0 Å². The largest absolute Gasteiger partial charge is 0.497 e. The summed E-state index contributed by atoms with van der Waals surface area (Å²) in [6.45, 7) is 4.29. The Morgan fingerprint density at radius 2 is 1.97 bits per heavy atom. The molecular weight excluding hydrogens is 406 g/mol. The van der Waals surface area contributed by atoms with Crippen LogP contribution in [0.15, 0.2) is 59.3 Å². The van der Waals surface area contributed by atoms with E-state index in [1.54, 1.807) is 24.9 Å². The first-order valence-corrected chi connectivity index (χ1v) is 10.4. The van der Waals surface area contributed by atoms with Crippen molar-refractivity contribution in [1.82, 2.24) is 25.2 Å². The standard InChI is InChI=1S/C24H25N5O3/c1-16-9-11-19(12-10-16)29-15-21(23(27-29)18-6-4-7-20(14-18)31-3)24(30)25-13-5-8-22-26-17(2)28-32-22/h4,6-7,9-12,14-15H,5,8,13H2,1-3H3,(H,25,30). The first-order valence-electron chi connectivity index (χ1n) is 10.4. The second-order valence-electron chi connectivity index (χ2n) is 7.50. The monoisotopic (exact) mass is 431 g/mol. The first-order chi connectivity index (χ1) is 15.5. The predicted molar refractivity (Wildman–Crippen MR) is 120 cm³/mol. The molecule has 0 saturated carbocycles. The third-order valence-electron chi connectivity index (χ3n) is 5.02. The molecule has 0 fully saturated rings. The molecule has 0 spiro atoms. The molecule has 4 aromatic rings. The van der Waals surface area contributed by atoms with E-state index in [-0.39, 0.29) is 5.91 Å². The van der Waals surface area contributed by atoms with Crippen molar-refractivity contribution in [3.8, 4) is 22.7 Å². The summed E-state index contributed by atoms with van der Waals surface area (Å²) in [5.41, 5.74) is 3.93. The summed E-state index contributed by atoms with van der Waals surface area (Å²) in [5, 5.41) is 11.5. The lowest BCUT2D eigenvalue weighted by molar-refractivity contribution is 0.0953. The lowest BCUT2D eigenvalue weighted by atomic mass is 10.1. The maximum atomic E-state index is 13.1. The fourth-order valence-corrected chi connectivity index (χ4v) is 3.33. The Hall–Kier alpha value is -3.94. The zero-order valence-corrected chi connectivity index (χ0v) is 18.3. The Morgan fingerprint density at radius 1 is 1.16 bits per heavy atom. The number of methoxy groups -OCH3 is 1. The van der Waals surface area contributed by atoms with Crippen LogP contribution in [0.1, 0.15) is 34.1 Å². The number of aromatic nitrogens is 4. The number of carbonyl (C=O) groups is 1. The van der Waals surface area contributed by atoms with Crippen molar-refractivity contribution in [3.05, 3.63) is 77.6 Å². The fraction of sp³-hybridized carbons (Fsp3) is 0.250. The highest BCUT2D eigenvalue weighted by molar-refractivity contribution is 6.00. The Bertz CT molecular complexity index is 1210. The van der Waals surface area contributed by atoms with E-state index in [0.29, 0.717) is 48.1 Å². The molecule has 32 heavy (non-hydrogen) atoms. The number of ether oxygens (including phenoxy) is 1. The zero-order chi connectivity index (χ0) is 22.5. The molecule has 0 radical (unpaired) electrons. The Labute approximate surface area is 186 Å². The van der Waals surface area contributed by atoms with Crippen LogP contribution in [0, 0.1) is 13.8 Å². The second kappa shape index (κ2) is 9.47. The third kappa shape index (κ3) is 4.85. The van der Waals surface area contributed by atoms with E-state index in [9.17, 15) is 4.79 Å². The van der Waals surface area contributed by atoms with Crippen molar-refractivity contribution >= 4 is 5.91 Å². The van der Waals surface area contributed by atoms with Gasteiger partial charge in [-0.05, 0) is 44.5 Å². The SMILES string of the molecule is COc1cccc(-c2nn(-c3ccc(C)cc3)cc2C(=O)NCCCc2nc(C)no2)c1. The fourth-order valence-electron chi connectivity index (χ4n) is 3.33. The number of aryl methyl sites for hydroxylation is 3. The summed E-state index contributed by atoms with van der Waals surface area (Å²) in [6.07, 6.45) is 3.05. The molecule has 1 amide bonds. The molecule has 2 aromatic carbocycles. The van der Waals surface area contributed by atoms with E-state index < -0.39 is 0 Å². The minimum Gasteiger partial charge on any atom is -0.497 e. The van der Waals surface area contributed by atoms with Crippen LogP contribution in [0.2, 0.25) is 0 Å². The molecule has 0 bridgehead atoms. The molecule has 0 saturated heterocycles. The summed E-state index contributed by atoms with van der Waals surface area (Å²) in [5.74, 6) is 1.69. The molecule has 0 aliphatic rings. The van der Waals surface area contributed by atoms with E-state index in [0.717, 1.165) is 16.8 Å². The van der Waals surface area contributed by atoms with Crippen LogP contribution >= 0.6 is 0 Å². The van der Waals surface area contributed by atoms with Gasteiger partial charge in [0.1, 0.15) is 11.4 Å². The Kier molecular flexibility index (Phi) is 6.30. The van der Waals surface area contributed by atoms with Crippen molar-refractivity contribution in [2.75, 3.05) is 13.7 Å². The predicted octanol–water partition coefficient (Wildman–Crippen LogP) is 3.91. The quantitative estimate of drug-likeness (QED) is 0.425. The van der Waals surface area contributed by atoms with Gasteiger partial charge in [0.2, 0.25) is 5.89 Å². The van der Waals surface area contributed by atoms with Crippen LogP contribution in [-0.2, 0) is 6.42 Å². The maximum absolute atomic E-state index is 13.1. The van der Waals surface area contributed by atoms with Gasteiger partial charge in [-0.3, -0.25) is 4.79 Å². The molecule has 1 N–H and O–H groups in total. The average molecular weight is 431 g/mol. The van der Waals surface area contributed by atoms with Crippen molar-refractivity contribution in [2.45, 2.75) is 26.7 Å². The Morgan fingerprint density at radius 3 is 2.69 bits per heavy atom. The van der Waals surface area contributed by atoms with Gasteiger partial charge < -0.3 is 14.6 Å². The van der Waals surface area contributed by atoms with Gasteiger partial charge in [-0.25, -0.2) is 4.68 Å². The summed E-state index contributed by atoms with van der Waals surface area (Å²) >= 11 is 0. The number of nitrogens with one attached hydrogen (secondary N) is 1. The van der Waals surface area contributed by atoms with E-state index in [2.05, 4.69) is 15.5 Å². The van der Waals surface area contributed by atoms with Crippen LogP contribution < -0.4 is 10.1 Å². The number of rotatable bonds is 8. The molecule has 8 heteroatoms. The zero-order valence-electron chi connectivity index (χ0n) is 18.3. The summed E-state index contributed by atoms with van der Waals surface area (Å²) in [4.78, 5) is 17.2. The van der Waals surface area contributed by atoms with Crippen molar-refractivity contribution in [3.63, 3.8) is 0 Å². The van der Waals surface area contributed by atoms with Gasteiger partial charge in [-0.2, -0.15) is 10.1 Å². The number of amides is 1. The smallest absolute Gasteiger partial charge is 0.255 e. The second-order valence-corrected chi connectivity index (χ2v) is 7.50. The molecule has 2 heterocycles. The molecule has 4 rings (SSSR count). The van der Waals surface area contributed by atoms with Crippen LogP contribution in [0.5, 0.6) is 5.75 Å². The van der Waals surface area contributed by atoms with Crippen LogP contribution in [0.25, 0.3) is 16.9 Å². The van der Waals surface area contributed by atoms with E-state index in [4.69, 9.17) is 14.4 Å². The van der Waals surface area contributed by atoms with Gasteiger partial charge in [0.05, 0.1) is 18.4 Å². The molecule has 0 aliphatic carbocycles. The molecule has 164 valence electrons. The number of nitrogens with zero attached hydrogens (tertiary/aromatic N) is 4. The van der Waals surface area contributed by atoms with Gasteiger partial charge in [-0.15, -0.1) is 0 Å². The molecule has 0 aliphatic heterocycles. The van der Waals surface area contributed by atoms with Crippen molar-refractivity contribution < 1.29 is 14.1 Å². The van der Waals surface area contributed by atoms with Gasteiger partial charge >= 0.3 is 0 Å². The normalized spacial score (nSPS) is 10.8. The van der Waals surface area contributed by atoms with Gasteiger partial charge in [-0.1, -0.05) is 35.0 Å². The van der Waals surface area contributed by atoms with E-state index >= 15 is 0 Å².